The van der Waals surface area contributed by atoms with Gasteiger partial charge in [0.2, 0.25) is 0 Å². The van der Waals surface area contributed by atoms with Crippen LogP contribution in [0.2, 0.25) is 0 Å². The number of likely N-dealkylation sites (tertiary alicyclic amines) is 1. The molecule has 1 aromatic rings. The summed E-state index contributed by atoms with van der Waals surface area (Å²) in [5, 5.41) is 10.7. The van der Waals surface area contributed by atoms with Crippen LogP contribution in [0.5, 0.6) is 0 Å². The van der Waals surface area contributed by atoms with E-state index in [0.29, 0.717) is 12.1 Å². The summed E-state index contributed by atoms with van der Waals surface area (Å²) in [4.78, 5) is 2.37. The second-order valence-electron chi connectivity index (χ2n) is 4.59. The van der Waals surface area contributed by atoms with Gasteiger partial charge in [-0.1, -0.05) is 0 Å². The number of aromatic nitrogens is 2. The molecule has 84 valence electrons. The number of H-pyrrole nitrogens is 1. The molecule has 1 saturated heterocycles. The molecule has 0 aromatic carbocycles. The molecule has 2 unspecified atom stereocenters. The van der Waals surface area contributed by atoms with Crippen molar-refractivity contribution in [3.8, 4) is 0 Å². The largest absolute Gasteiger partial charge is 0.306 e. The number of likely N-dealkylation sites (N-methyl/N-ethyl adjacent to an activating group) is 1. The van der Waals surface area contributed by atoms with Gasteiger partial charge in [0.05, 0.1) is 6.20 Å². The van der Waals surface area contributed by atoms with Crippen molar-refractivity contribution < 1.29 is 0 Å². The third-order valence-corrected chi connectivity index (χ3v) is 3.21. The van der Waals surface area contributed by atoms with Crippen LogP contribution >= 0.6 is 0 Å². The van der Waals surface area contributed by atoms with E-state index >= 15 is 0 Å². The van der Waals surface area contributed by atoms with Gasteiger partial charge in [0, 0.05) is 29.9 Å². The minimum absolute atomic E-state index is 0.389. The van der Waals surface area contributed by atoms with Crippen molar-refractivity contribution in [1.29, 1.82) is 0 Å². The third kappa shape index (κ3) is 2.38. The zero-order chi connectivity index (χ0) is 10.8. The molecule has 4 heteroatoms. The van der Waals surface area contributed by atoms with Crippen LogP contribution in [0.25, 0.3) is 0 Å². The first-order valence-corrected chi connectivity index (χ1v) is 5.61. The van der Waals surface area contributed by atoms with E-state index in [-0.39, 0.29) is 0 Å². The number of nitrogens with zero attached hydrogens (tertiary/aromatic N) is 2. The lowest BCUT2D eigenvalue weighted by atomic mass is 10.1. The Kier molecular flexibility index (Phi) is 3.07. The van der Waals surface area contributed by atoms with E-state index in [1.165, 1.54) is 24.2 Å². The first-order chi connectivity index (χ1) is 7.16. The van der Waals surface area contributed by atoms with Crippen LogP contribution < -0.4 is 5.32 Å². The molecule has 1 aliphatic rings. The summed E-state index contributed by atoms with van der Waals surface area (Å²) in [6, 6.07) is 1.01. The predicted molar refractivity (Wildman–Crippen MR) is 60.8 cm³/mol. The fraction of sp³-hybridized carbons (Fsp3) is 0.727. The molecule has 2 atom stereocenters. The Hall–Kier alpha value is -0.870. The monoisotopic (exact) mass is 208 g/mol. The second kappa shape index (κ2) is 4.33. The highest BCUT2D eigenvalue weighted by Crippen LogP contribution is 2.17. The highest BCUT2D eigenvalue weighted by Gasteiger charge is 2.21. The smallest absolute Gasteiger partial charge is 0.0537 e. The molecular weight excluding hydrogens is 188 g/mol. The SMILES string of the molecule is Cc1[nH]ncc1C(C)NC1CCN(C)C1. The van der Waals surface area contributed by atoms with Gasteiger partial charge in [-0.05, 0) is 33.9 Å². The minimum atomic E-state index is 0.389. The van der Waals surface area contributed by atoms with Crippen LogP contribution in [0.4, 0.5) is 0 Å². The van der Waals surface area contributed by atoms with Crippen LogP contribution in [0.3, 0.4) is 0 Å². The maximum Gasteiger partial charge on any atom is 0.0537 e. The van der Waals surface area contributed by atoms with Crippen molar-refractivity contribution in [2.24, 2.45) is 0 Å². The molecule has 0 bridgehead atoms. The van der Waals surface area contributed by atoms with Gasteiger partial charge in [0.15, 0.2) is 0 Å². The summed E-state index contributed by atoms with van der Waals surface area (Å²) >= 11 is 0. The molecule has 1 aromatic heterocycles. The molecule has 0 amide bonds. The molecule has 15 heavy (non-hydrogen) atoms. The molecule has 2 rings (SSSR count). The normalized spacial score (nSPS) is 24.6. The molecule has 2 heterocycles. The molecule has 1 aliphatic heterocycles. The fourth-order valence-corrected chi connectivity index (χ4v) is 2.31. The highest BCUT2D eigenvalue weighted by atomic mass is 15.2. The molecule has 0 saturated carbocycles. The summed E-state index contributed by atoms with van der Waals surface area (Å²) in [6.45, 7) is 6.63. The Morgan fingerprint density at radius 1 is 1.67 bits per heavy atom. The lowest BCUT2D eigenvalue weighted by molar-refractivity contribution is 0.387. The molecule has 1 fully saturated rings. The van der Waals surface area contributed by atoms with Crippen LogP contribution in [-0.2, 0) is 0 Å². The second-order valence-corrected chi connectivity index (χ2v) is 4.59. The van der Waals surface area contributed by atoms with Gasteiger partial charge in [-0.25, -0.2) is 0 Å². The summed E-state index contributed by atoms with van der Waals surface area (Å²) in [6.07, 6.45) is 3.17. The van der Waals surface area contributed by atoms with Gasteiger partial charge in [0.1, 0.15) is 0 Å². The standard InChI is InChI=1S/C11H20N4/c1-8(11-6-12-14-9(11)2)13-10-4-5-15(3)7-10/h6,8,10,13H,4-5,7H2,1-3H3,(H,12,14). The van der Waals surface area contributed by atoms with E-state index in [0.717, 1.165) is 6.54 Å². The van der Waals surface area contributed by atoms with E-state index in [4.69, 9.17) is 0 Å². The first-order valence-electron chi connectivity index (χ1n) is 5.61. The van der Waals surface area contributed by atoms with Crippen LogP contribution in [0.1, 0.15) is 30.6 Å². The lowest BCUT2D eigenvalue weighted by Crippen LogP contribution is -2.33. The first kappa shape index (κ1) is 10.6. The number of hydrogen-bond donors (Lipinski definition) is 2. The maximum absolute atomic E-state index is 4.06. The van der Waals surface area contributed by atoms with Gasteiger partial charge in [-0.15, -0.1) is 0 Å². The molecule has 0 radical (unpaired) electrons. The quantitative estimate of drug-likeness (QED) is 0.781. The van der Waals surface area contributed by atoms with Gasteiger partial charge in [0.25, 0.3) is 0 Å². The van der Waals surface area contributed by atoms with Crippen molar-refractivity contribution in [2.75, 3.05) is 20.1 Å². The zero-order valence-electron chi connectivity index (χ0n) is 9.75. The average molecular weight is 208 g/mol. The summed E-state index contributed by atoms with van der Waals surface area (Å²) < 4.78 is 0. The van der Waals surface area contributed by atoms with Crippen molar-refractivity contribution in [1.82, 2.24) is 20.4 Å². The zero-order valence-corrected chi connectivity index (χ0v) is 9.75. The van der Waals surface area contributed by atoms with Crippen molar-refractivity contribution in [3.63, 3.8) is 0 Å². The summed E-state index contributed by atoms with van der Waals surface area (Å²) in [7, 11) is 2.18. The molecule has 4 nitrogen and oxygen atoms in total. The van der Waals surface area contributed by atoms with Gasteiger partial charge >= 0.3 is 0 Å². The summed E-state index contributed by atoms with van der Waals surface area (Å²) in [5.41, 5.74) is 2.45. The highest BCUT2D eigenvalue weighted by molar-refractivity contribution is 5.18. The van der Waals surface area contributed by atoms with Crippen molar-refractivity contribution in [2.45, 2.75) is 32.4 Å². The Balaban J connectivity index is 1.92. The Morgan fingerprint density at radius 2 is 2.47 bits per heavy atom. The number of rotatable bonds is 3. The Morgan fingerprint density at radius 3 is 3.00 bits per heavy atom. The van der Waals surface area contributed by atoms with Gasteiger partial charge < -0.3 is 10.2 Å². The summed E-state index contributed by atoms with van der Waals surface area (Å²) in [5.74, 6) is 0. The van der Waals surface area contributed by atoms with E-state index in [9.17, 15) is 0 Å². The van der Waals surface area contributed by atoms with Crippen LogP contribution in [-0.4, -0.2) is 41.3 Å². The third-order valence-electron chi connectivity index (χ3n) is 3.21. The number of aryl methyl sites for hydroxylation is 1. The Labute approximate surface area is 91.1 Å². The van der Waals surface area contributed by atoms with Crippen molar-refractivity contribution in [3.05, 3.63) is 17.5 Å². The number of aromatic amines is 1. The average Bonchev–Trinajstić information content (AvgIpc) is 2.75. The van der Waals surface area contributed by atoms with E-state index in [1.807, 2.05) is 6.20 Å². The van der Waals surface area contributed by atoms with Crippen molar-refractivity contribution >= 4 is 0 Å². The predicted octanol–water partition coefficient (Wildman–Crippen LogP) is 1.07. The molecular formula is C11H20N4. The molecule has 0 aliphatic carbocycles. The maximum atomic E-state index is 4.06. The van der Waals surface area contributed by atoms with E-state index < -0.39 is 0 Å². The Bertz CT molecular complexity index is 320. The van der Waals surface area contributed by atoms with Gasteiger partial charge in [-0.2, -0.15) is 5.10 Å². The lowest BCUT2D eigenvalue weighted by Gasteiger charge is -2.19. The van der Waals surface area contributed by atoms with Crippen LogP contribution in [0.15, 0.2) is 6.20 Å². The van der Waals surface area contributed by atoms with E-state index in [1.54, 1.807) is 0 Å². The minimum Gasteiger partial charge on any atom is -0.306 e. The molecule has 2 N–H and O–H groups in total. The van der Waals surface area contributed by atoms with E-state index in [2.05, 4.69) is 41.3 Å². The number of nitrogens with one attached hydrogen (secondary N) is 2. The van der Waals surface area contributed by atoms with Crippen LogP contribution in [0, 0.1) is 6.92 Å². The fourth-order valence-electron chi connectivity index (χ4n) is 2.31. The molecule has 0 spiro atoms. The topological polar surface area (TPSA) is 44.0 Å². The number of hydrogen-bond acceptors (Lipinski definition) is 3. The van der Waals surface area contributed by atoms with Gasteiger partial charge in [-0.3, -0.25) is 5.10 Å².